The van der Waals surface area contributed by atoms with E-state index in [9.17, 15) is 14.7 Å². The van der Waals surface area contributed by atoms with Crippen LogP contribution in [0, 0.1) is 0 Å². The summed E-state index contributed by atoms with van der Waals surface area (Å²) in [6.07, 6.45) is 3.15. The summed E-state index contributed by atoms with van der Waals surface area (Å²) in [6, 6.07) is 10.3. The molecule has 0 aliphatic rings. The lowest BCUT2D eigenvalue weighted by atomic mass is 10.1. The van der Waals surface area contributed by atoms with Crippen LogP contribution in [-0.2, 0) is 4.79 Å². The van der Waals surface area contributed by atoms with E-state index in [1.54, 1.807) is 30.3 Å². The van der Waals surface area contributed by atoms with Crippen LogP contribution in [0.25, 0.3) is 28.1 Å². The third-order valence-electron chi connectivity index (χ3n) is 3.25. The van der Waals surface area contributed by atoms with Gasteiger partial charge in [0.1, 0.15) is 5.52 Å². The topological polar surface area (TPSA) is 80.2 Å². The van der Waals surface area contributed by atoms with Crippen LogP contribution in [0.4, 0.5) is 0 Å². The highest BCUT2D eigenvalue weighted by atomic mass is 16.4. The van der Waals surface area contributed by atoms with Gasteiger partial charge < -0.3 is 5.11 Å². The lowest BCUT2D eigenvalue weighted by Crippen LogP contribution is -2.00. The number of benzene rings is 2. The Balaban J connectivity index is 2.32. The molecule has 22 heavy (non-hydrogen) atoms. The van der Waals surface area contributed by atoms with Gasteiger partial charge in [0.15, 0.2) is 5.78 Å². The maximum atomic E-state index is 11.3. The van der Waals surface area contributed by atoms with E-state index in [1.165, 1.54) is 19.1 Å². The van der Waals surface area contributed by atoms with Gasteiger partial charge in [-0.1, -0.05) is 18.2 Å². The second-order valence-corrected chi connectivity index (χ2v) is 4.86. The zero-order chi connectivity index (χ0) is 15.7. The number of carbonyl (C=O) groups is 2. The Kier molecular flexibility index (Phi) is 3.39. The molecule has 1 N–H and O–H groups in total. The van der Waals surface area contributed by atoms with Crippen LogP contribution in [0.1, 0.15) is 22.8 Å². The fourth-order valence-electron chi connectivity index (χ4n) is 2.25. The summed E-state index contributed by atoms with van der Waals surface area (Å²) in [5.41, 5.74) is 2.98. The molecule has 0 aliphatic carbocycles. The first-order chi connectivity index (χ1) is 10.6. The minimum absolute atomic E-state index is 0.0566. The smallest absolute Gasteiger partial charge is 0.337 e. The number of ketones is 1. The molecule has 1 heterocycles. The Bertz CT molecular complexity index is 945. The van der Waals surface area contributed by atoms with Crippen molar-refractivity contribution in [2.45, 2.75) is 6.92 Å². The summed E-state index contributed by atoms with van der Waals surface area (Å²) >= 11 is 0. The Hall–Kier alpha value is -3.08. The van der Waals surface area contributed by atoms with Gasteiger partial charge in [-0.15, -0.1) is 0 Å². The van der Waals surface area contributed by atoms with Crippen molar-refractivity contribution in [3.63, 3.8) is 0 Å². The summed E-state index contributed by atoms with van der Waals surface area (Å²) in [4.78, 5) is 31.3. The second-order valence-electron chi connectivity index (χ2n) is 4.86. The van der Waals surface area contributed by atoms with E-state index in [2.05, 4.69) is 9.97 Å². The van der Waals surface area contributed by atoms with Gasteiger partial charge in [-0.2, -0.15) is 0 Å². The highest BCUT2D eigenvalue weighted by Crippen LogP contribution is 2.22. The highest BCUT2D eigenvalue weighted by molar-refractivity contribution is 6.03. The van der Waals surface area contributed by atoms with Gasteiger partial charge in [-0.25, -0.2) is 14.8 Å². The lowest BCUT2D eigenvalue weighted by Gasteiger charge is -2.05. The number of carbonyl (C=O) groups excluding carboxylic acids is 1. The van der Waals surface area contributed by atoms with Crippen molar-refractivity contribution >= 4 is 39.9 Å². The standard InChI is InChI=1S/C17H12N2O3/c1-10(20)8-9-11-4-2-6-13-15(11)18-14-7-3-5-12(17(21)22)16(14)19-13/h2-9H,1H3,(H,21,22)/b9-8+. The van der Waals surface area contributed by atoms with E-state index in [1.807, 2.05) is 6.07 Å². The number of hydrogen-bond donors (Lipinski definition) is 1. The molecule has 0 unspecified atom stereocenters. The predicted molar refractivity (Wildman–Crippen MR) is 83.7 cm³/mol. The van der Waals surface area contributed by atoms with E-state index >= 15 is 0 Å². The molecule has 0 saturated heterocycles. The van der Waals surface area contributed by atoms with Crippen molar-refractivity contribution in [3.05, 3.63) is 53.6 Å². The molecule has 0 spiro atoms. The largest absolute Gasteiger partial charge is 0.478 e. The number of aromatic carboxylic acids is 1. The maximum Gasteiger partial charge on any atom is 0.337 e. The van der Waals surface area contributed by atoms with E-state index in [0.717, 1.165) is 5.56 Å². The molecule has 0 saturated carbocycles. The molecular weight excluding hydrogens is 280 g/mol. The third-order valence-corrected chi connectivity index (χ3v) is 3.25. The summed E-state index contributed by atoms with van der Waals surface area (Å²) in [5, 5.41) is 9.24. The van der Waals surface area contributed by atoms with Gasteiger partial charge in [0, 0.05) is 5.56 Å². The first-order valence-electron chi connectivity index (χ1n) is 6.67. The average molecular weight is 292 g/mol. The van der Waals surface area contributed by atoms with Gasteiger partial charge in [0.05, 0.1) is 22.1 Å². The van der Waals surface area contributed by atoms with E-state index in [0.29, 0.717) is 22.1 Å². The Labute approximate surface area is 125 Å². The fraction of sp³-hybridized carbons (Fsp3) is 0.0588. The lowest BCUT2D eigenvalue weighted by molar-refractivity contribution is -0.112. The van der Waals surface area contributed by atoms with Crippen LogP contribution >= 0.6 is 0 Å². The number of allylic oxidation sites excluding steroid dienone is 1. The second kappa shape index (κ2) is 5.37. The van der Waals surface area contributed by atoms with Gasteiger partial charge >= 0.3 is 5.97 Å². The van der Waals surface area contributed by atoms with Crippen molar-refractivity contribution in [3.8, 4) is 0 Å². The molecule has 5 nitrogen and oxygen atoms in total. The average Bonchev–Trinajstić information content (AvgIpc) is 2.50. The number of aromatic nitrogens is 2. The molecule has 0 bridgehead atoms. The normalized spacial score (nSPS) is 11.3. The number of carboxylic acid groups (broad SMARTS) is 1. The van der Waals surface area contributed by atoms with Crippen molar-refractivity contribution in [1.82, 2.24) is 9.97 Å². The predicted octanol–water partition coefficient (Wildman–Crippen LogP) is 3.08. The number of hydrogen-bond acceptors (Lipinski definition) is 4. The van der Waals surface area contributed by atoms with Crippen molar-refractivity contribution in [2.75, 3.05) is 0 Å². The number of carboxylic acids is 1. The van der Waals surface area contributed by atoms with Crippen LogP contribution in [0.5, 0.6) is 0 Å². The monoisotopic (exact) mass is 292 g/mol. The zero-order valence-corrected chi connectivity index (χ0v) is 11.8. The molecule has 0 radical (unpaired) electrons. The van der Waals surface area contributed by atoms with Gasteiger partial charge in [-0.3, -0.25) is 4.79 Å². The van der Waals surface area contributed by atoms with Gasteiger partial charge in [-0.05, 0) is 37.3 Å². The van der Waals surface area contributed by atoms with Crippen LogP contribution < -0.4 is 0 Å². The molecule has 0 amide bonds. The Morgan fingerprint density at radius 1 is 1.00 bits per heavy atom. The minimum Gasteiger partial charge on any atom is -0.478 e. The highest BCUT2D eigenvalue weighted by Gasteiger charge is 2.12. The summed E-state index contributed by atoms with van der Waals surface area (Å²) in [6.45, 7) is 1.47. The molecule has 5 heteroatoms. The summed E-state index contributed by atoms with van der Waals surface area (Å²) < 4.78 is 0. The Morgan fingerprint density at radius 3 is 2.32 bits per heavy atom. The molecule has 0 fully saturated rings. The molecule has 3 rings (SSSR count). The number of fused-ring (bicyclic) bond motifs is 2. The quantitative estimate of drug-likeness (QED) is 0.592. The van der Waals surface area contributed by atoms with Crippen molar-refractivity contribution in [1.29, 1.82) is 0 Å². The first kappa shape index (κ1) is 13.9. The van der Waals surface area contributed by atoms with Crippen molar-refractivity contribution in [2.24, 2.45) is 0 Å². The molecule has 0 aliphatic heterocycles. The number of para-hydroxylation sites is 2. The molecule has 108 valence electrons. The number of nitrogens with zero attached hydrogens (tertiary/aromatic N) is 2. The molecule has 1 aromatic heterocycles. The summed E-state index contributed by atoms with van der Waals surface area (Å²) in [7, 11) is 0. The number of rotatable bonds is 3. The molecule has 0 atom stereocenters. The maximum absolute atomic E-state index is 11.3. The molecule has 2 aromatic carbocycles. The molecule has 3 aromatic rings. The Morgan fingerprint density at radius 2 is 1.64 bits per heavy atom. The fourth-order valence-corrected chi connectivity index (χ4v) is 2.25. The first-order valence-corrected chi connectivity index (χ1v) is 6.67. The van der Waals surface area contributed by atoms with Crippen LogP contribution in [0.2, 0.25) is 0 Å². The summed E-state index contributed by atoms with van der Waals surface area (Å²) in [5.74, 6) is -1.09. The SMILES string of the molecule is CC(=O)/C=C/c1cccc2nc3c(C(=O)O)cccc3nc12. The van der Waals surface area contributed by atoms with Gasteiger partial charge in [0.2, 0.25) is 0 Å². The zero-order valence-electron chi connectivity index (χ0n) is 11.8. The third kappa shape index (κ3) is 2.44. The van der Waals surface area contributed by atoms with Crippen LogP contribution in [-0.4, -0.2) is 26.8 Å². The molecular formula is C17H12N2O3. The minimum atomic E-state index is -1.04. The van der Waals surface area contributed by atoms with E-state index in [-0.39, 0.29) is 11.3 Å². The van der Waals surface area contributed by atoms with E-state index < -0.39 is 5.97 Å². The van der Waals surface area contributed by atoms with Crippen LogP contribution in [0.15, 0.2) is 42.5 Å². The van der Waals surface area contributed by atoms with Crippen LogP contribution in [0.3, 0.4) is 0 Å². The van der Waals surface area contributed by atoms with Gasteiger partial charge in [0.25, 0.3) is 0 Å². The van der Waals surface area contributed by atoms with Crippen molar-refractivity contribution < 1.29 is 14.7 Å². The van der Waals surface area contributed by atoms with E-state index in [4.69, 9.17) is 0 Å².